The molecule has 11 atom stereocenters. The van der Waals surface area contributed by atoms with Crippen molar-refractivity contribution < 1.29 is 73.8 Å². The molecule has 15 heteroatoms. The zero-order valence-electron chi connectivity index (χ0n) is 42.5. The Labute approximate surface area is 419 Å². The number of carbonyl (C=O) groups is 2. The predicted octanol–water partition coefficient (Wildman–Crippen LogP) is 7.82. The minimum absolute atomic E-state index is 0.0849. The number of hydrogen-bond acceptors (Lipinski definition) is 15. The predicted molar refractivity (Wildman–Crippen MR) is 270 cm³/mol. The maximum absolute atomic E-state index is 13.0. The second kappa shape index (κ2) is 41.4. The van der Waals surface area contributed by atoms with Crippen molar-refractivity contribution in [2.24, 2.45) is 0 Å². The van der Waals surface area contributed by atoms with E-state index in [4.69, 9.17) is 28.4 Å². The first kappa shape index (κ1) is 63.1. The van der Waals surface area contributed by atoms with Crippen molar-refractivity contribution in [3.05, 3.63) is 72.9 Å². The molecule has 0 bridgehead atoms. The summed E-state index contributed by atoms with van der Waals surface area (Å²) >= 11 is 0. The maximum Gasteiger partial charge on any atom is 0.306 e. The summed E-state index contributed by atoms with van der Waals surface area (Å²) in [6, 6.07) is 0. The lowest BCUT2D eigenvalue weighted by atomic mass is 9.98. The van der Waals surface area contributed by atoms with Crippen LogP contribution in [0.4, 0.5) is 0 Å². The summed E-state index contributed by atoms with van der Waals surface area (Å²) in [5.74, 6) is -1.02. The summed E-state index contributed by atoms with van der Waals surface area (Å²) in [5.41, 5.74) is 0. The zero-order valence-corrected chi connectivity index (χ0v) is 42.5. The average molecular weight is 993 g/mol. The largest absolute Gasteiger partial charge is 0.462 e. The fraction of sp³-hybridized carbons (Fsp3) is 0.745. The van der Waals surface area contributed by atoms with Gasteiger partial charge >= 0.3 is 11.9 Å². The molecule has 2 fully saturated rings. The molecule has 2 heterocycles. The number of allylic oxidation sites excluding steroid dienone is 12. The Morgan fingerprint density at radius 2 is 0.871 bits per heavy atom. The number of esters is 2. The van der Waals surface area contributed by atoms with Gasteiger partial charge in [-0.05, 0) is 83.5 Å². The van der Waals surface area contributed by atoms with Gasteiger partial charge in [-0.25, -0.2) is 0 Å². The molecule has 0 aromatic rings. The molecule has 70 heavy (non-hydrogen) atoms. The molecule has 0 spiro atoms. The van der Waals surface area contributed by atoms with E-state index in [9.17, 15) is 45.3 Å². The van der Waals surface area contributed by atoms with E-state index in [0.717, 1.165) is 64.2 Å². The van der Waals surface area contributed by atoms with Gasteiger partial charge in [0.15, 0.2) is 18.7 Å². The van der Waals surface area contributed by atoms with Crippen LogP contribution >= 0.6 is 0 Å². The normalized spacial score (nSPS) is 26.0. The van der Waals surface area contributed by atoms with Crippen LogP contribution in [0.25, 0.3) is 0 Å². The Morgan fingerprint density at radius 3 is 1.41 bits per heavy atom. The third-order valence-corrected chi connectivity index (χ3v) is 12.2. The van der Waals surface area contributed by atoms with E-state index in [2.05, 4.69) is 74.6 Å². The molecule has 0 aromatic heterocycles. The molecular weight excluding hydrogens is 901 g/mol. The van der Waals surface area contributed by atoms with Gasteiger partial charge in [0.2, 0.25) is 0 Å². The van der Waals surface area contributed by atoms with Crippen molar-refractivity contribution in [1.29, 1.82) is 0 Å². The molecule has 0 aromatic carbocycles. The zero-order chi connectivity index (χ0) is 51.0. The highest BCUT2D eigenvalue weighted by Crippen LogP contribution is 2.26. The number of ether oxygens (including phenoxy) is 6. The van der Waals surface area contributed by atoms with Crippen LogP contribution in [0, 0.1) is 0 Å². The quantitative estimate of drug-likeness (QED) is 0.0176. The average Bonchev–Trinajstić information content (AvgIpc) is 3.35. The fourth-order valence-corrected chi connectivity index (χ4v) is 7.77. The second-order valence-electron chi connectivity index (χ2n) is 18.3. The fourth-order valence-electron chi connectivity index (χ4n) is 7.77. The number of rotatable bonds is 40. The van der Waals surface area contributed by atoms with Crippen molar-refractivity contribution in [2.75, 3.05) is 26.4 Å². The van der Waals surface area contributed by atoms with E-state index in [1.54, 1.807) is 0 Å². The molecule has 2 saturated heterocycles. The van der Waals surface area contributed by atoms with Gasteiger partial charge in [-0.1, -0.05) is 145 Å². The molecule has 7 N–H and O–H groups in total. The highest BCUT2D eigenvalue weighted by molar-refractivity contribution is 5.70. The van der Waals surface area contributed by atoms with Gasteiger partial charge in [0.05, 0.1) is 19.8 Å². The van der Waals surface area contributed by atoms with Crippen LogP contribution in [0.3, 0.4) is 0 Å². The van der Waals surface area contributed by atoms with Crippen LogP contribution in [0.2, 0.25) is 0 Å². The SMILES string of the molecule is CCCCC/C=C/C/C=C/C/C=C/CCCCCCC(=O)OC[C@@H](CO[C@@H]1O[C@H](CO[C@@H]2O[C@H](CO)[C@H](O)C(O)C2O)[C@H](O)C(O)C1O)OC(=O)CCC/C=C/C/C=C/C/C=C/CCCCCCCC. The Morgan fingerprint density at radius 1 is 0.457 bits per heavy atom. The van der Waals surface area contributed by atoms with Crippen molar-refractivity contribution in [3.63, 3.8) is 0 Å². The van der Waals surface area contributed by atoms with Gasteiger partial charge in [0.25, 0.3) is 0 Å². The van der Waals surface area contributed by atoms with Crippen molar-refractivity contribution in [3.8, 4) is 0 Å². The van der Waals surface area contributed by atoms with Gasteiger partial charge in [-0.15, -0.1) is 0 Å². The van der Waals surface area contributed by atoms with Gasteiger partial charge < -0.3 is 64.2 Å². The van der Waals surface area contributed by atoms with E-state index in [1.165, 1.54) is 57.8 Å². The molecule has 2 aliphatic rings. The molecule has 0 amide bonds. The van der Waals surface area contributed by atoms with Gasteiger partial charge in [0.1, 0.15) is 55.4 Å². The second-order valence-corrected chi connectivity index (χ2v) is 18.3. The molecule has 4 unspecified atom stereocenters. The van der Waals surface area contributed by atoms with E-state index < -0.39 is 99.3 Å². The minimum Gasteiger partial charge on any atom is -0.462 e. The van der Waals surface area contributed by atoms with Crippen LogP contribution in [0.15, 0.2) is 72.9 Å². The van der Waals surface area contributed by atoms with Crippen molar-refractivity contribution in [1.82, 2.24) is 0 Å². The van der Waals surface area contributed by atoms with Crippen molar-refractivity contribution >= 4 is 11.9 Å². The van der Waals surface area contributed by atoms with Gasteiger partial charge in [0, 0.05) is 12.8 Å². The highest BCUT2D eigenvalue weighted by atomic mass is 16.7. The van der Waals surface area contributed by atoms with Crippen LogP contribution in [0.5, 0.6) is 0 Å². The standard InChI is InChI=1S/C55H92O15/c1-3-5-7-9-11-13-15-17-19-21-23-25-27-29-31-33-35-37-46(57)65-40-43(68-47(58)38-36-34-32-30-28-26-24-22-20-18-16-14-12-10-8-6-4-2)41-66-54-53(64)51(62)49(60)45(70-54)42-67-55-52(63)50(61)48(59)44(39-56)69-55/h11,13,17-20,23-26,30,32,43-45,48-56,59-64H,3-10,12,14-16,21-22,27-29,31,33-42H2,1-2H3/b13-11+,19-17+,20-18+,25-23+,26-24+,32-30+/t43-,44+,45+,48-,49-,50?,51?,52?,53?,54+,55+/m0/s1. The lowest BCUT2D eigenvalue weighted by Gasteiger charge is -2.42. The topological polar surface area (TPSA) is 231 Å². The summed E-state index contributed by atoms with van der Waals surface area (Å²) in [6.07, 6.45) is 32.2. The van der Waals surface area contributed by atoms with Crippen LogP contribution in [0.1, 0.15) is 168 Å². The Hall–Kier alpha value is -3.06. The first-order valence-corrected chi connectivity index (χ1v) is 26.5. The minimum atomic E-state index is -1.78. The first-order valence-electron chi connectivity index (χ1n) is 26.5. The van der Waals surface area contributed by atoms with Gasteiger partial charge in [-0.2, -0.15) is 0 Å². The smallest absolute Gasteiger partial charge is 0.306 e. The number of hydrogen-bond donors (Lipinski definition) is 7. The maximum atomic E-state index is 13.0. The molecular formula is C55H92O15. The van der Waals surface area contributed by atoms with Crippen LogP contribution in [-0.4, -0.2) is 142 Å². The van der Waals surface area contributed by atoms with E-state index in [-0.39, 0.29) is 19.4 Å². The van der Waals surface area contributed by atoms with E-state index >= 15 is 0 Å². The number of unbranched alkanes of at least 4 members (excludes halogenated alkanes) is 14. The Bertz CT molecular complexity index is 1490. The molecule has 2 rings (SSSR count). The molecule has 402 valence electrons. The monoisotopic (exact) mass is 993 g/mol. The number of aliphatic hydroxyl groups is 7. The molecule has 0 aliphatic carbocycles. The summed E-state index contributed by atoms with van der Waals surface area (Å²) in [7, 11) is 0. The summed E-state index contributed by atoms with van der Waals surface area (Å²) in [6.45, 7) is 2.47. The Kier molecular flexibility index (Phi) is 37.3. The number of carbonyl (C=O) groups excluding carboxylic acids is 2. The summed E-state index contributed by atoms with van der Waals surface area (Å²) in [4.78, 5) is 25.8. The first-order chi connectivity index (χ1) is 34.0. The summed E-state index contributed by atoms with van der Waals surface area (Å²) < 4.78 is 33.5. The van der Waals surface area contributed by atoms with Crippen LogP contribution in [-0.2, 0) is 38.0 Å². The third-order valence-electron chi connectivity index (χ3n) is 12.2. The lowest BCUT2D eigenvalue weighted by molar-refractivity contribution is -0.332. The summed E-state index contributed by atoms with van der Waals surface area (Å²) in [5, 5.41) is 72.1. The molecule has 15 nitrogen and oxygen atoms in total. The van der Waals surface area contributed by atoms with E-state index in [0.29, 0.717) is 19.3 Å². The Balaban J connectivity index is 1.84. The molecule has 0 radical (unpaired) electrons. The lowest BCUT2D eigenvalue weighted by Crippen LogP contribution is -2.61. The molecule has 0 saturated carbocycles. The van der Waals surface area contributed by atoms with Crippen molar-refractivity contribution in [2.45, 2.75) is 235 Å². The highest BCUT2D eigenvalue weighted by Gasteiger charge is 2.47. The van der Waals surface area contributed by atoms with E-state index in [1.807, 2.05) is 12.2 Å². The third kappa shape index (κ3) is 28.8. The number of aliphatic hydroxyl groups excluding tert-OH is 7. The van der Waals surface area contributed by atoms with Gasteiger partial charge in [-0.3, -0.25) is 9.59 Å². The molecule has 2 aliphatic heterocycles. The van der Waals surface area contributed by atoms with Crippen LogP contribution < -0.4 is 0 Å².